The number of nitrogens with one attached hydrogen (secondary N) is 1. The number of ether oxygens (including phenoxy) is 1. The summed E-state index contributed by atoms with van der Waals surface area (Å²) in [6.07, 6.45) is 0. The summed E-state index contributed by atoms with van der Waals surface area (Å²) in [6.45, 7) is 4.50. The Bertz CT molecular complexity index is 826. The Balaban J connectivity index is 1.73. The molecule has 5 nitrogen and oxygen atoms in total. The van der Waals surface area contributed by atoms with E-state index in [0.29, 0.717) is 28.9 Å². The maximum Gasteiger partial charge on any atom is 0.257 e. The van der Waals surface area contributed by atoms with Crippen molar-refractivity contribution < 1.29 is 9.53 Å². The maximum absolute atomic E-state index is 12.3. The van der Waals surface area contributed by atoms with Crippen LogP contribution >= 0.6 is 22.9 Å². The summed E-state index contributed by atoms with van der Waals surface area (Å²) in [5.74, 6) is 1.09. The van der Waals surface area contributed by atoms with Crippen LogP contribution in [0.4, 0.5) is 5.13 Å². The third-order valence-corrected chi connectivity index (χ3v) is 4.64. The van der Waals surface area contributed by atoms with E-state index < -0.39 is 0 Å². The number of amides is 1. The Morgan fingerprint density at radius 1 is 1.30 bits per heavy atom. The molecule has 0 spiro atoms. The average Bonchev–Trinajstić information content (AvgIpc) is 3.17. The first-order valence-corrected chi connectivity index (χ1v) is 8.69. The molecule has 0 bridgehead atoms. The molecule has 0 aliphatic carbocycles. The molecule has 1 aromatic carbocycles. The Kier molecular flexibility index (Phi) is 4.68. The quantitative estimate of drug-likeness (QED) is 0.752. The molecule has 7 heteroatoms. The van der Waals surface area contributed by atoms with E-state index in [1.807, 2.05) is 32.0 Å². The van der Waals surface area contributed by atoms with Gasteiger partial charge in [-0.25, -0.2) is 0 Å². The third-order valence-electron chi connectivity index (χ3n) is 3.01. The molecule has 0 aliphatic rings. The highest BCUT2D eigenvalue weighted by Gasteiger charge is 2.12. The molecule has 3 rings (SSSR count). The number of thiophene rings is 1. The van der Waals surface area contributed by atoms with Gasteiger partial charge in [0, 0.05) is 22.0 Å². The van der Waals surface area contributed by atoms with E-state index in [9.17, 15) is 4.79 Å². The van der Waals surface area contributed by atoms with E-state index in [1.54, 1.807) is 29.5 Å². The van der Waals surface area contributed by atoms with Crippen molar-refractivity contribution in [2.75, 3.05) is 11.9 Å². The lowest BCUT2D eigenvalue weighted by Crippen LogP contribution is -2.11. The maximum atomic E-state index is 12.3. The molecule has 0 atom stereocenters. The number of benzene rings is 1. The number of hydrogen-bond donors (Lipinski definition) is 1. The summed E-state index contributed by atoms with van der Waals surface area (Å²) in [5.41, 5.74) is 0.527. The monoisotopic (exact) mass is 345 g/mol. The van der Waals surface area contributed by atoms with Crippen molar-refractivity contribution in [3.8, 4) is 16.5 Å². The van der Waals surface area contributed by atoms with Gasteiger partial charge in [0.2, 0.25) is 5.13 Å². The van der Waals surface area contributed by atoms with Crippen LogP contribution in [0.15, 0.2) is 36.4 Å². The highest BCUT2D eigenvalue weighted by atomic mass is 32.1. The van der Waals surface area contributed by atoms with Crippen LogP contribution in [0.5, 0.6) is 5.75 Å². The fourth-order valence-electron chi connectivity index (χ4n) is 1.99. The van der Waals surface area contributed by atoms with Crippen molar-refractivity contribution in [3.63, 3.8) is 0 Å². The molecule has 1 amide bonds. The lowest BCUT2D eigenvalue weighted by atomic mass is 10.2. The van der Waals surface area contributed by atoms with E-state index in [-0.39, 0.29) is 5.91 Å². The highest BCUT2D eigenvalue weighted by Crippen LogP contribution is 2.28. The second-order valence-corrected chi connectivity index (χ2v) is 6.79. The summed E-state index contributed by atoms with van der Waals surface area (Å²) >= 11 is 2.80. The van der Waals surface area contributed by atoms with Crippen molar-refractivity contribution in [3.05, 3.63) is 46.8 Å². The molecule has 0 radical (unpaired) electrons. The molecule has 0 saturated carbocycles. The van der Waals surface area contributed by atoms with Crippen LogP contribution in [0, 0.1) is 6.92 Å². The van der Waals surface area contributed by atoms with Gasteiger partial charge < -0.3 is 4.74 Å². The highest BCUT2D eigenvalue weighted by molar-refractivity contribution is 7.15. The van der Waals surface area contributed by atoms with Gasteiger partial charge >= 0.3 is 0 Å². The summed E-state index contributed by atoms with van der Waals surface area (Å²) in [7, 11) is 0. The molecule has 0 saturated heterocycles. The van der Waals surface area contributed by atoms with E-state index in [1.165, 1.54) is 16.4 Å². The SMILES string of the molecule is CCOc1cccc(C(=O)Nc2nc(-c3ccc(C)s3)ns2)c1. The van der Waals surface area contributed by atoms with Crippen molar-refractivity contribution in [1.29, 1.82) is 0 Å². The molecule has 0 aliphatic heterocycles. The second kappa shape index (κ2) is 6.89. The number of aromatic nitrogens is 2. The summed E-state index contributed by atoms with van der Waals surface area (Å²) in [4.78, 5) is 18.9. The Hall–Kier alpha value is -2.25. The molecule has 23 heavy (non-hydrogen) atoms. The number of carbonyl (C=O) groups is 1. The fourth-order valence-corrected chi connectivity index (χ4v) is 3.43. The number of aryl methyl sites for hydroxylation is 1. The van der Waals surface area contributed by atoms with Crippen LogP contribution < -0.4 is 10.1 Å². The van der Waals surface area contributed by atoms with E-state index in [4.69, 9.17) is 4.74 Å². The van der Waals surface area contributed by atoms with Gasteiger partial charge in [-0.3, -0.25) is 10.1 Å². The van der Waals surface area contributed by atoms with Gasteiger partial charge in [0.1, 0.15) is 5.75 Å². The Labute approximate surface area is 142 Å². The lowest BCUT2D eigenvalue weighted by Gasteiger charge is -2.05. The first-order chi connectivity index (χ1) is 11.2. The van der Waals surface area contributed by atoms with E-state index in [2.05, 4.69) is 14.7 Å². The Morgan fingerprint density at radius 2 is 2.17 bits per heavy atom. The second-order valence-electron chi connectivity index (χ2n) is 4.75. The number of nitrogens with zero attached hydrogens (tertiary/aromatic N) is 2. The molecule has 0 unspecified atom stereocenters. The minimum Gasteiger partial charge on any atom is -0.494 e. The van der Waals surface area contributed by atoms with Gasteiger partial charge in [0.05, 0.1) is 11.5 Å². The molecule has 2 heterocycles. The number of anilines is 1. The molecular weight excluding hydrogens is 330 g/mol. The molecule has 0 fully saturated rings. The van der Waals surface area contributed by atoms with E-state index >= 15 is 0 Å². The topological polar surface area (TPSA) is 64.1 Å². The summed E-state index contributed by atoms with van der Waals surface area (Å²) in [6, 6.07) is 11.1. The van der Waals surface area contributed by atoms with Gasteiger partial charge in [-0.15, -0.1) is 11.3 Å². The molecule has 2 aromatic heterocycles. The third kappa shape index (κ3) is 3.75. The van der Waals surface area contributed by atoms with Crippen molar-refractivity contribution in [1.82, 2.24) is 9.36 Å². The number of rotatable bonds is 5. The smallest absolute Gasteiger partial charge is 0.257 e. The van der Waals surface area contributed by atoms with Crippen LogP contribution in [-0.2, 0) is 0 Å². The predicted octanol–water partition coefficient (Wildman–Crippen LogP) is 4.23. The fraction of sp³-hybridized carbons (Fsp3) is 0.188. The summed E-state index contributed by atoms with van der Waals surface area (Å²) < 4.78 is 9.70. The molecule has 118 valence electrons. The summed E-state index contributed by atoms with van der Waals surface area (Å²) in [5, 5.41) is 3.26. The van der Waals surface area contributed by atoms with Crippen LogP contribution in [0.25, 0.3) is 10.7 Å². The van der Waals surface area contributed by atoms with Crippen LogP contribution in [0.1, 0.15) is 22.2 Å². The zero-order chi connectivity index (χ0) is 16.2. The van der Waals surface area contributed by atoms with Crippen molar-refractivity contribution in [2.45, 2.75) is 13.8 Å². The largest absolute Gasteiger partial charge is 0.494 e. The van der Waals surface area contributed by atoms with Crippen molar-refractivity contribution in [2.24, 2.45) is 0 Å². The minimum atomic E-state index is -0.225. The average molecular weight is 345 g/mol. The van der Waals surface area contributed by atoms with Crippen LogP contribution in [0.2, 0.25) is 0 Å². The van der Waals surface area contributed by atoms with Gasteiger partial charge in [-0.1, -0.05) is 6.07 Å². The number of carbonyl (C=O) groups excluding carboxylic acids is 1. The minimum absolute atomic E-state index is 0.225. The number of hydrogen-bond acceptors (Lipinski definition) is 6. The van der Waals surface area contributed by atoms with Gasteiger partial charge in [0.25, 0.3) is 5.91 Å². The lowest BCUT2D eigenvalue weighted by molar-refractivity contribution is 0.102. The van der Waals surface area contributed by atoms with Crippen LogP contribution in [-0.4, -0.2) is 21.9 Å². The van der Waals surface area contributed by atoms with E-state index in [0.717, 1.165) is 4.88 Å². The van der Waals surface area contributed by atoms with Crippen LogP contribution in [0.3, 0.4) is 0 Å². The first kappa shape index (κ1) is 15.6. The normalized spacial score (nSPS) is 10.5. The first-order valence-electron chi connectivity index (χ1n) is 7.10. The van der Waals surface area contributed by atoms with Gasteiger partial charge in [0.15, 0.2) is 5.82 Å². The molecular formula is C16H15N3O2S2. The van der Waals surface area contributed by atoms with Gasteiger partial charge in [-0.05, 0) is 44.2 Å². The zero-order valence-corrected chi connectivity index (χ0v) is 14.3. The molecule has 1 N–H and O–H groups in total. The molecule has 3 aromatic rings. The zero-order valence-electron chi connectivity index (χ0n) is 12.7. The standard InChI is InChI=1S/C16H15N3O2S2/c1-3-21-12-6-4-5-11(9-12)15(20)18-16-17-14(19-23-16)13-8-7-10(2)22-13/h4-9H,3H2,1-2H3,(H,17,18,19,20). The predicted molar refractivity (Wildman–Crippen MR) is 93.5 cm³/mol. The Morgan fingerprint density at radius 3 is 2.91 bits per heavy atom. The van der Waals surface area contributed by atoms with Crippen molar-refractivity contribution >= 4 is 33.9 Å². The van der Waals surface area contributed by atoms with Gasteiger partial charge in [-0.2, -0.15) is 9.36 Å².